The number of nitrogens with zero attached hydrogens (tertiary/aromatic N) is 1. The summed E-state index contributed by atoms with van der Waals surface area (Å²) in [5.74, 6) is 0. The highest BCUT2D eigenvalue weighted by molar-refractivity contribution is 7.18. The van der Waals surface area contributed by atoms with Crippen LogP contribution in [0.15, 0.2) is 24.3 Å². The Balaban J connectivity index is 2.04. The lowest BCUT2D eigenvalue weighted by atomic mass is 9.84. The van der Waals surface area contributed by atoms with Crippen molar-refractivity contribution >= 4 is 21.6 Å². The van der Waals surface area contributed by atoms with E-state index in [0.29, 0.717) is 11.5 Å². The van der Waals surface area contributed by atoms with Crippen LogP contribution in [0.5, 0.6) is 0 Å². The van der Waals surface area contributed by atoms with Crippen LogP contribution >= 0.6 is 11.3 Å². The monoisotopic (exact) mass is 276 g/mol. The minimum Gasteiger partial charge on any atom is -0.314 e. The van der Waals surface area contributed by atoms with Crippen LogP contribution in [0, 0.1) is 5.41 Å². The van der Waals surface area contributed by atoms with Crippen LogP contribution in [0.25, 0.3) is 10.2 Å². The van der Waals surface area contributed by atoms with Crippen LogP contribution in [-0.2, 0) is 6.42 Å². The normalized spacial score (nSPS) is 13.9. The zero-order valence-electron chi connectivity index (χ0n) is 12.4. The van der Waals surface area contributed by atoms with Crippen LogP contribution in [0.2, 0.25) is 0 Å². The number of nitrogens with one attached hydrogen (secondary N) is 1. The van der Waals surface area contributed by atoms with Crippen molar-refractivity contribution in [3.8, 4) is 0 Å². The van der Waals surface area contributed by atoms with Crippen molar-refractivity contribution in [2.24, 2.45) is 5.41 Å². The number of rotatable bonds is 5. The fourth-order valence-electron chi connectivity index (χ4n) is 2.38. The lowest BCUT2D eigenvalue weighted by molar-refractivity contribution is 0.258. The number of aryl methyl sites for hydroxylation is 1. The largest absolute Gasteiger partial charge is 0.314 e. The van der Waals surface area contributed by atoms with Gasteiger partial charge in [0.15, 0.2) is 0 Å². The van der Waals surface area contributed by atoms with Gasteiger partial charge in [0.25, 0.3) is 0 Å². The standard InChI is InChI=1S/C16H24N2S/c1-5-17-14(16(2,3)4)10-11-15-18-12-8-6-7-9-13(12)19-15/h6-9,14,17H,5,10-11H2,1-4H3. The molecule has 0 fully saturated rings. The molecule has 2 nitrogen and oxygen atoms in total. The average molecular weight is 276 g/mol. The van der Waals surface area contributed by atoms with Crippen molar-refractivity contribution < 1.29 is 0 Å². The van der Waals surface area contributed by atoms with Gasteiger partial charge in [-0.15, -0.1) is 11.3 Å². The molecule has 1 atom stereocenters. The maximum Gasteiger partial charge on any atom is 0.0939 e. The topological polar surface area (TPSA) is 24.9 Å². The van der Waals surface area contributed by atoms with Crippen molar-refractivity contribution in [3.63, 3.8) is 0 Å². The summed E-state index contributed by atoms with van der Waals surface area (Å²) in [4.78, 5) is 4.72. The molecule has 1 unspecified atom stereocenters. The molecular formula is C16H24N2S. The second-order valence-corrected chi connectivity index (χ2v) is 7.21. The van der Waals surface area contributed by atoms with Crippen LogP contribution in [0.3, 0.4) is 0 Å². The fourth-order valence-corrected chi connectivity index (χ4v) is 3.36. The highest BCUT2D eigenvalue weighted by Crippen LogP contribution is 2.26. The molecule has 2 aromatic rings. The number of fused-ring (bicyclic) bond motifs is 1. The zero-order chi connectivity index (χ0) is 13.9. The van der Waals surface area contributed by atoms with Crippen LogP contribution in [0.4, 0.5) is 0 Å². The quantitative estimate of drug-likeness (QED) is 0.883. The number of para-hydroxylation sites is 1. The lowest BCUT2D eigenvalue weighted by Crippen LogP contribution is -2.40. The Bertz CT molecular complexity index is 492. The molecule has 0 aliphatic rings. The number of benzene rings is 1. The van der Waals surface area contributed by atoms with Crippen LogP contribution < -0.4 is 5.32 Å². The van der Waals surface area contributed by atoms with E-state index in [2.05, 4.69) is 57.3 Å². The van der Waals surface area contributed by atoms with Crippen LogP contribution in [-0.4, -0.2) is 17.6 Å². The van der Waals surface area contributed by atoms with Gasteiger partial charge in [-0.05, 0) is 30.5 Å². The summed E-state index contributed by atoms with van der Waals surface area (Å²) in [6.45, 7) is 10.1. The second-order valence-electron chi connectivity index (χ2n) is 6.09. The number of aromatic nitrogens is 1. The summed E-state index contributed by atoms with van der Waals surface area (Å²) >= 11 is 1.83. The summed E-state index contributed by atoms with van der Waals surface area (Å²) < 4.78 is 1.30. The number of thiazole rings is 1. The highest BCUT2D eigenvalue weighted by Gasteiger charge is 2.23. The maximum absolute atomic E-state index is 4.72. The van der Waals surface area contributed by atoms with Gasteiger partial charge in [0.2, 0.25) is 0 Å². The average Bonchev–Trinajstić information content (AvgIpc) is 2.75. The fraction of sp³-hybridized carbons (Fsp3) is 0.562. The van der Waals surface area contributed by atoms with E-state index in [9.17, 15) is 0 Å². The number of hydrogen-bond donors (Lipinski definition) is 1. The summed E-state index contributed by atoms with van der Waals surface area (Å²) in [7, 11) is 0. The maximum atomic E-state index is 4.72. The van der Waals surface area contributed by atoms with Crippen LogP contribution in [0.1, 0.15) is 39.1 Å². The summed E-state index contributed by atoms with van der Waals surface area (Å²) in [6, 6.07) is 8.94. The molecule has 104 valence electrons. The molecule has 0 saturated heterocycles. The molecule has 0 aliphatic heterocycles. The molecule has 0 spiro atoms. The Labute approximate surface area is 120 Å². The Morgan fingerprint density at radius 2 is 2.00 bits per heavy atom. The Kier molecular flexibility index (Phi) is 4.58. The van der Waals surface area contributed by atoms with E-state index < -0.39 is 0 Å². The van der Waals surface area contributed by atoms with Gasteiger partial charge in [0.1, 0.15) is 0 Å². The van der Waals surface area contributed by atoms with E-state index >= 15 is 0 Å². The zero-order valence-corrected chi connectivity index (χ0v) is 13.2. The number of hydrogen-bond acceptors (Lipinski definition) is 3. The minimum atomic E-state index is 0.298. The van der Waals surface area contributed by atoms with Gasteiger partial charge in [-0.25, -0.2) is 4.98 Å². The third kappa shape index (κ3) is 3.77. The van der Waals surface area contributed by atoms with Crippen molar-refractivity contribution in [2.45, 2.75) is 46.6 Å². The Hall–Kier alpha value is -0.930. The van der Waals surface area contributed by atoms with E-state index in [-0.39, 0.29) is 0 Å². The molecule has 3 heteroatoms. The predicted molar refractivity (Wildman–Crippen MR) is 84.9 cm³/mol. The first-order chi connectivity index (χ1) is 9.00. The lowest BCUT2D eigenvalue weighted by Gasteiger charge is -2.31. The van der Waals surface area contributed by atoms with E-state index in [0.717, 1.165) is 24.9 Å². The highest BCUT2D eigenvalue weighted by atomic mass is 32.1. The molecule has 0 radical (unpaired) electrons. The van der Waals surface area contributed by atoms with Crippen molar-refractivity contribution in [2.75, 3.05) is 6.54 Å². The van der Waals surface area contributed by atoms with Crippen molar-refractivity contribution in [1.29, 1.82) is 0 Å². The molecule has 0 amide bonds. The SMILES string of the molecule is CCNC(CCc1nc2ccccc2s1)C(C)(C)C. The van der Waals surface area contributed by atoms with Gasteiger partial charge in [0, 0.05) is 12.5 Å². The molecule has 0 bridgehead atoms. The first-order valence-corrected chi connectivity index (χ1v) is 7.90. The molecule has 1 aromatic heterocycles. The van der Waals surface area contributed by atoms with Gasteiger partial charge < -0.3 is 5.32 Å². The first-order valence-electron chi connectivity index (χ1n) is 7.08. The molecule has 1 heterocycles. The molecule has 0 aliphatic carbocycles. The molecule has 1 aromatic carbocycles. The molecule has 19 heavy (non-hydrogen) atoms. The van der Waals surface area contributed by atoms with Gasteiger partial charge in [0.05, 0.1) is 15.2 Å². The molecular weight excluding hydrogens is 252 g/mol. The third-order valence-electron chi connectivity index (χ3n) is 3.48. The second kappa shape index (κ2) is 6.02. The summed E-state index contributed by atoms with van der Waals surface area (Å²) in [5, 5.41) is 4.86. The predicted octanol–water partition coefficient (Wildman–Crippen LogP) is 4.25. The van der Waals surface area contributed by atoms with E-state index in [1.54, 1.807) is 0 Å². The Morgan fingerprint density at radius 1 is 1.26 bits per heavy atom. The van der Waals surface area contributed by atoms with Gasteiger partial charge in [-0.3, -0.25) is 0 Å². The van der Waals surface area contributed by atoms with Gasteiger partial charge in [-0.2, -0.15) is 0 Å². The first kappa shape index (κ1) is 14.5. The smallest absolute Gasteiger partial charge is 0.0939 e. The van der Waals surface area contributed by atoms with Gasteiger partial charge >= 0.3 is 0 Å². The Morgan fingerprint density at radius 3 is 2.63 bits per heavy atom. The van der Waals surface area contributed by atoms with Crippen molar-refractivity contribution in [1.82, 2.24) is 10.3 Å². The van der Waals surface area contributed by atoms with E-state index in [1.165, 1.54) is 9.71 Å². The molecule has 0 saturated carbocycles. The molecule has 2 rings (SSSR count). The molecule has 1 N–H and O–H groups in total. The van der Waals surface area contributed by atoms with E-state index in [1.807, 2.05) is 11.3 Å². The van der Waals surface area contributed by atoms with Gasteiger partial charge in [-0.1, -0.05) is 39.8 Å². The summed E-state index contributed by atoms with van der Waals surface area (Å²) in [6.07, 6.45) is 2.21. The third-order valence-corrected chi connectivity index (χ3v) is 4.58. The minimum absolute atomic E-state index is 0.298. The summed E-state index contributed by atoms with van der Waals surface area (Å²) in [5.41, 5.74) is 1.44. The van der Waals surface area contributed by atoms with Crippen molar-refractivity contribution in [3.05, 3.63) is 29.3 Å². The van der Waals surface area contributed by atoms with E-state index in [4.69, 9.17) is 4.98 Å².